The molecule has 0 amide bonds. The number of rotatable bonds is 6. The maximum absolute atomic E-state index is 6.57. The van der Waals surface area contributed by atoms with Gasteiger partial charge >= 0.3 is 0 Å². The highest BCUT2D eigenvalue weighted by atomic mass is 16.3. The first kappa shape index (κ1) is 28.7. The van der Waals surface area contributed by atoms with Gasteiger partial charge in [0, 0.05) is 27.5 Å². The minimum atomic E-state index is -0.309. The number of aliphatic imine (C=N–C) groups is 2. The van der Waals surface area contributed by atoms with Crippen LogP contribution in [0.1, 0.15) is 22.9 Å². The zero-order chi connectivity index (χ0) is 32.6. The second-order valence-corrected chi connectivity index (χ2v) is 12.2. The quantitative estimate of drug-likeness (QED) is 0.199. The molecule has 0 saturated carbocycles. The number of fused-ring (bicyclic) bond motifs is 3. The van der Waals surface area contributed by atoms with Gasteiger partial charge in [0.25, 0.3) is 0 Å². The van der Waals surface area contributed by atoms with Crippen LogP contribution in [-0.2, 0) is 0 Å². The summed E-state index contributed by atoms with van der Waals surface area (Å²) < 4.78 is 6.57. The second-order valence-electron chi connectivity index (χ2n) is 12.2. The number of amidine groups is 2. The van der Waals surface area contributed by atoms with Gasteiger partial charge in [-0.1, -0.05) is 158 Å². The third-order valence-corrected chi connectivity index (χ3v) is 9.19. The van der Waals surface area contributed by atoms with Crippen molar-refractivity contribution in [2.75, 3.05) is 0 Å². The third kappa shape index (κ3) is 5.39. The standard InChI is InChI=1S/C45H31N3O/c1-4-12-30(13-5-1)31-20-22-32(23-21-31)33-24-26-36(27-25-33)44-46-43(35-16-8-3-9-17-35)47-45(48-44)39-29-28-37(34-14-6-2-7-15-34)42-41(39)38-18-10-11-19-40(38)49-42/h1-29,43H,(H,46,47,48). The van der Waals surface area contributed by atoms with Crippen LogP contribution in [0.2, 0.25) is 0 Å². The van der Waals surface area contributed by atoms with E-state index in [1.54, 1.807) is 0 Å². The van der Waals surface area contributed by atoms with Crippen LogP contribution in [0.3, 0.4) is 0 Å². The lowest BCUT2D eigenvalue weighted by molar-refractivity contribution is 0.668. The average Bonchev–Trinajstić information content (AvgIpc) is 3.58. The van der Waals surface area contributed by atoms with E-state index in [-0.39, 0.29) is 6.17 Å². The van der Waals surface area contributed by atoms with Gasteiger partial charge in [-0.05, 0) is 51.6 Å². The summed E-state index contributed by atoms with van der Waals surface area (Å²) in [5.41, 5.74) is 11.6. The van der Waals surface area contributed by atoms with Crippen molar-refractivity contribution in [3.8, 4) is 33.4 Å². The van der Waals surface area contributed by atoms with E-state index in [0.29, 0.717) is 5.84 Å². The van der Waals surface area contributed by atoms with E-state index < -0.39 is 0 Å². The smallest absolute Gasteiger partial charge is 0.159 e. The number of nitrogens with one attached hydrogen (secondary N) is 1. The number of hydrogen-bond acceptors (Lipinski definition) is 4. The molecule has 0 saturated heterocycles. The van der Waals surface area contributed by atoms with E-state index in [1.807, 2.05) is 42.5 Å². The Morgan fingerprint density at radius 1 is 0.449 bits per heavy atom. The molecule has 1 atom stereocenters. The zero-order valence-corrected chi connectivity index (χ0v) is 26.6. The fraction of sp³-hybridized carbons (Fsp3) is 0.0222. The Balaban J connectivity index is 1.13. The summed E-state index contributed by atoms with van der Waals surface area (Å²) in [5.74, 6) is 1.44. The van der Waals surface area contributed by atoms with Crippen molar-refractivity contribution in [1.29, 1.82) is 0 Å². The van der Waals surface area contributed by atoms with Crippen molar-refractivity contribution < 1.29 is 4.42 Å². The van der Waals surface area contributed by atoms with E-state index in [4.69, 9.17) is 14.4 Å². The van der Waals surface area contributed by atoms with Crippen LogP contribution in [0.4, 0.5) is 0 Å². The highest BCUT2D eigenvalue weighted by Gasteiger charge is 2.25. The van der Waals surface area contributed by atoms with Crippen molar-refractivity contribution in [2.45, 2.75) is 6.17 Å². The van der Waals surface area contributed by atoms with Crippen LogP contribution in [0.5, 0.6) is 0 Å². The molecule has 1 N–H and O–H groups in total. The molecule has 4 nitrogen and oxygen atoms in total. The molecule has 2 heterocycles. The molecule has 1 aromatic heterocycles. The third-order valence-electron chi connectivity index (χ3n) is 9.19. The summed E-state index contributed by atoms with van der Waals surface area (Å²) in [6.45, 7) is 0. The van der Waals surface area contributed by atoms with Crippen LogP contribution in [-0.4, -0.2) is 11.7 Å². The first-order chi connectivity index (χ1) is 24.3. The molecule has 232 valence electrons. The molecule has 1 aliphatic heterocycles. The average molecular weight is 630 g/mol. The van der Waals surface area contributed by atoms with Gasteiger partial charge in [0.05, 0.1) is 0 Å². The van der Waals surface area contributed by atoms with Gasteiger partial charge in [-0.15, -0.1) is 0 Å². The highest BCUT2D eigenvalue weighted by Crippen LogP contribution is 2.39. The summed E-state index contributed by atoms with van der Waals surface area (Å²) in [7, 11) is 0. The maximum Gasteiger partial charge on any atom is 0.159 e. The zero-order valence-electron chi connectivity index (χ0n) is 26.6. The molecule has 9 rings (SSSR count). The van der Waals surface area contributed by atoms with Crippen LogP contribution < -0.4 is 5.32 Å². The Labute approximate surface area is 284 Å². The molecular formula is C45H31N3O. The van der Waals surface area contributed by atoms with Crippen LogP contribution in [0.25, 0.3) is 55.3 Å². The second kappa shape index (κ2) is 12.3. The highest BCUT2D eigenvalue weighted by molar-refractivity contribution is 6.23. The number of benzene rings is 7. The summed E-state index contributed by atoms with van der Waals surface area (Å²) >= 11 is 0. The van der Waals surface area contributed by atoms with Crippen molar-refractivity contribution in [1.82, 2.24) is 5.32 Å². The van der Waals surface area contributed by atoms with E-state index in [9.17, 15) is 0 Å². The predicted molar refractivity (Wildman–Crippen MR) is 202 cm³/mol. The molecule has 0 spiro atoms. The van der Waals surface area contributed by atoms with E-state index >= 15 is 0 Å². The molecular weight excluding hydrogens is 599 g/mol. The Morgan fingerprint density at radius 2 is 0.959 bits per heavy atom. The molecule has 4 heteroatoms. The van der Waals surface area contributed by atoms with Gasteiger partial charge in [0.15, 0.2) is 5.84 Å². The molecule has 7 aromatic carbocycles. The normalized spacial score (nSPS) is 14.3. The van der Waals surface area contributed by atoms with Crippen molar-refractivity contribution in [2.24, 2.45) is 9.98 Å². The Bertz CT molecular complexity index is 2480. The van der Waals surface area contributed by atoms with Crippen LogP contribution in [0, 0.1) is 0 Å². The minimum Gasteiger partial charge on any atom is -0.455 e. The van der Waals surface area contributed by atoms with E-state index in [2.05, 4.69) is 139 Å². The fourth-order valence-corrected chi connectivity index (χ4v) is 6.69. The number of furan rings is 1. The Hall–Kier alpha value is -6.52. The van der Waals surface area contributed by atoms with Gasteiger partial charge in [-0.3, -0.25) is 0 Å². The first-order valence-corrected chi connectivity index (χ1v) is 16.5. The van der Waals surface area contributed by atoms with Crippen molar-refractivity contribution >= 4 is 33.6 Å². The lowest BCUT2D eigenvalue weighted by Crippen LogP contribution is -2.33. The van der Waals surface area contributed by atoms with Gasteiger partial charge in [-0.2, -0.15) is 0 Å². The first-order valence-electron chi connectivity index (χ1n) is 16.5. The fourth-order valence-electron chi connectivity index (χ4n) is 6.69. The topological polar surface area (TPSA) is 49.9 Å². The van der Waals surface area contributed by atoms with Gasteiger partial charge in [0.2, 0.25) is 0 Å². The Morgan fingerprint density at radius 3 is 1.61 bits per heavy atom. The number of hydrogen-bond donors (Lipinski definition) is 1. The predicted octanol–water partition coefficient (Wildman–Crippen LogP) is 11.1. The largest absolute Gasteiger partial charge is 0.455 e. The summed E-state index contributed by atoms with van der Waals surface area (Å²) in [6.07, 6.45) is -0.309. The number of para-hydroxylation sites is 1. The Kier molecular flexibility index (Phi) is 7.17. The lowest BCUT2D eigenvalue weighted by atomic mass is 9.97. The van der Waals surface area contributed by atoms with Gasteiger partial charge in [0.1, 0.15) is 23.2 Å². The molecule has 49 heavy (non-hydrogen) atoms. The van der Waals surface area contributed by atoms with E-state index in [1.165, 1.54) is 11.1 Å². The molecule has 0 fully saturated rings. The van der Waals surface area contributed by atoms with E-state index in [0.717, 1.165) is 66.7 Å². The summed E-state index contributed by atoms with van der Waals surface area (Å²) in [5, 5.41) is 5.75. The van der Waals surface area contributed by atoms with Gasteiger partial charge < -0.3 is 9.73 Å². The summed E-state index contributed by atoms with van der Waals surface area (Å²) in [4.78, 5) is 10.3. The summed E-state index contributed by atoms with van der Waals surface area (Å²) in [6, 6.07) is 61.0. The molecule has 1 aliphatic rings. The lowest BCUT2D eigenvalue weighted by Gasteiger charge is -2.24. The molecule has 1 unspecified atom stereocenters. The monoisotopic (exact) mass is 629 g/mol. The number of nitrogens with zero attached hydrogens (tertiary/aromatic N) is 2. The molecule has 0 aliphatic carbocycles. The molecule has 0 radical (unpaired) electrons. The molecule has 0 bridgehead atoms. The van der Waals surface area contributed by atoms with Crippen molar-refractivity contribution in [3.05, 3.63) is 193 Å². The van der Waals surface area contributed by atoms with Gasteiger partial charge in [-0.25, -0.2) is 9.98 Å². The maximum atomic E-state index is 6.57. The molecule has 8 aromatic rings. The van der Waals surface area contributed by atoms with Crippen molar-refractivity contribution in [3.63, 3.8) is 0 Å². The SMILES string of the molecule is c1ccc(-c2ccc(-c3ccc(C4=NC(c5ccccc5)NC(c5ccc(-c6ccccc6)c6oc7ccccc7c56)=N4)cc3)cc2)cc1. The van der Waals surface area contributed by atoms with Crippen LogP contribution in [0.15, 0.2) is 190 Å². The minimum absolute atomic E-state index is 0.309. The van der Waals surface area contributed by atoms with Crippen LogP contribution >= 0.6 is 0 Å².